The van der Waals surface area contributed by atoms with E-state index in [0.29, 0.717) is 0 Å². The third-order valence-electron chi connectivity index (χ3n) is 2.20. The van der Waals surface area contributed by atoms with Gasteiger partial charge in [0.2, 0.25) is 0 Å². The number of aliphatic imine (C=N–C) groups is 1. The van der Waals surface area contributed by atoms with Gasteiger partial charge in [0, 0.05) is 20.0 Å². The Morgan fingerprint density at radius 1 is 1.75 bits per heavy atom. The fourth-order valence-corrected chi connectivity index (χ4v) is 1.20. The number of aliphatic carboxylic acids is 1. The summed E-state index contributed by atoms with van der Waals surface area (Å²) >= 11 is 0. The predicted molar refractivity (Wildman–Crippen MR) is 46.4 cm³/mol. The molecule has 0 radical (unpaired) electrons. The summed E-state index contributed by atoms with van der Waals surface area (Å²) in [5.41, 5.74) is 0. The Kier molecular flexibility index (Phi) is 2.68. The molecule has 1 unspecified atom stereocenters. The second-order valence-electron chi connectivity index (χ2n) is 3.03. The SMILES string of the molecule is CC(C(=O)O)N(C)C1=NCCC1. The predicted octanol–water partition coefficient (Wildman–Crippen LogP) is 0.584. The van der Waals surface area contributed by atoms with Crippen molar-refractivity contribution in [1.82, 2.24) is 4.90 Å². The number of nitrogens with zero attached hydrogens (tertiary/aromatic N) is 2. The highest BCUT2D eigenvalue weighted by molar-refractivity contribution is 5.87. The van der Waals surface area contributed by atoms with Crippen molar-refractivity contribution < 1.29 is 9.90 Å². The van der Waals surface area contributed by atoms with Crippen LogP contribution in [0.25, 0.3) is 0 Å². The third-order valence-corrected chi connectivity index (χ3v) is 2.20. The average molecular weight is 170 g/mol. The lowest BCUT2D eigenvalue weighted by Gasteiger charge is -2.22. The smallest absolute Gasteiger partial charge is 0.326 e. The molecule has 0 aromatic rings. The molecule has 1 N–H and O–H groups in total. The van der Waals surface area contributed by atoms with Crippen molar-refractivity contribution in [3.8, 4) is 0 Å². The van der Waals surface area contributed by atoms with Crippen LogP contribution in [-0.4, -0.2) is 41.4 Å². The second-order valence-corrected chi connectivity index (χ2v) is 3.03. The number of carboxylic acid groups (broad SMARTS) is 1. The summed E-state index contributed by atoms with van der Waals surface area (Å²) < 4.78 is 0. The molecular formula is C8H14N2O2. The molecule has 0 fully saturated rings. The zero-order valence-electron chi connectivity index (χ0n) is 7.45. The van der Waals surface area contributed by atoms with Crippen LogP contribution in [0.5, 0.6) is 0 Å². The number of amidine groups is 1. The molecular weight excluding hydrogens is 156 g/mol. The second kappa shape index (κ2) is 3.56. The van der Waals surface area contributed by atoms with Gasteiger partial charge >= 0.3 is 5.97 Å². The van der Waals surface area contributed by atoms with Gasteiger partial charge in [-0.05, 0) is 13.3 Å². The van der Waals surface area contributed by atoms with Crippen molar-refractivity contribution in [1.29, 1.82) is 0 Å². The van der Waals surface area contributed by atoms with E-state index in [-0.39, 0.29) is 0 Å². The van der Waals surface area contributed by atoms with Gasteiger partial charge in [-0.25, -0.2) is 4.79 Å². The molecule has 1 heterocycles. The van der Waals surface area contributed by atoms with Crippen LogP contribution in [0.15, 0.2) is 4.99 Å². The quantitative estimate of drug-likeness (QED) is 0.659. The van der Waals surface area contributed by atoms with Crippen molar-refractivity contribution in [2.75, 3.05) is 13.6 Å². The summed E-state index contributed by atoms with van der Waals surface area (Å²) in [6.07, 6.45) is 1.96. The van der Waals surface area contributed by atoms with Gasteiger partial charge in [-0.3, -0.25) is 4.99 Å². The molecule has 4 heteroatoms. The maximum Gasteiger partial charge on any atom is 0.326 e. The Morgan fingerprint density at radius 2 is 2.42 bits per heavy atom. The molecule has 4 nitrogen and oxygen atoms in total. The zero-order chi connectivity index (χ0) is 9.14. The molecule has 0 saturated carbocycles. The van der Waals surface area contributed by atoms with E-state index >= 15 is 0 Å². The van der Waals surface area contributed by atoms with Gasteiger partial charge in [0.1, 0.15) is 6.04 Å². The van der Waals surface area contributed by atoms with Crippen LogP contribution in [0.2, 0.25) is 0 Å². The van der Waals surface area contributed by atoms with Crippen molar-refractivity contribution in [3.05, 3.63) is 0 Å². The highest BCUT2D eigenvalue weighted by Gasteiger charge is 2.21. The minimum atomic E-state index is -0.799. The fraction of sp³-hybridized carbons (Fsp3) is 0.750. The standard InChI is InChI=1S/C8H14N2O2/c1-6(8(11)12)10(2)7-4-3-5-9-7/h6H,3-5H2,1-2H3,(H,11,12). The minimum absolute atomic E-state index is 0.471. The van der Waals surface area contributed by atoms with Crippen LogP contribution in [0, 0.1) is 0 Å². The molecule has 68 valence electrons. The lowest BCUT2D eigenvalue weighted by Crippen LogP contribution is -2.39. The molecule has 0 aliphatic carbocycles. The molecule has 0 bridgehead atoms. The Labute approximate surface area is 71.9 Å². The first-order valence-corrected chi connectivity index (χ1v) is 4.12. The van der Waals surface area contributed by atoms with Crippen molar-refractivity contribution >= 4 is 11.8 Å². The molecule has 12 heavy (non-hydrogen) atoms. The minimum Gasteiger partial charge on any atom is -0.480 e. The molecule has 1 rings (SSSR count). The average Bonchev–Trinajstić information content (AvgIpc) is 2.53. The normalized spacial score (nSPS) is 18.7. The maximum absolute atomic E-state index is 10.6. The summed E-state index contributed by atoms with van der Waals surface area (Å²) in [7, 11) is 1.78. The van der Waals surface area contributed by atoms with E-state index in [1.54, 1.807) is 18.9 Å². The van der Waals surface area contributed by atoms with Crippen LogP contribution in [0.4, 0.5) is 0 Å². The number of carboxylic acids is 1. The Hall–Kier alpha value is -1.06. The number of hydrogen-bond donors (Lipinski definition) is 1. The summed E-state index contributed by atoms with van der Waals surface area (Å²) in [4.78, 5) is 16.6. The molecule has 1 atom stereocenters. The summed E-state index contributed by atoms with van der Waals surface area (Å²) in [5, 5.41) is 8.72. The lowest BCUT2D eigenvalue weighted by atomic mass is 10.2. The van der Waals surface area contributed by atoms with E-state index < -0.39 is 12.0 Å². The van der Waals surface area contributed by atoms with E-state index in [9.17, 15) is 4.79 Å². The van der Waals surface area contributed by atoms with Gasteiger partial charge in [-0.15, -0.1) is 0 Å². The van der Waals surface area contributed by atoms with E-state index in [2.05, 4.69) is 4.99 Å². The van der Waals surface area contributed by atoms with Crippen LogP contribution in [0.3, 0.4) is 0 Å². The number of carbonyl (C=O) groups is 1. The fourth-order valence-electron chi connectivity index (χ4n) is 1.20. The van der Waals surface area contributed by atoms with Gasteiger partial charge < -0.3 is 10.0 Å². The number of rotatable bonds is 2. The topological polar surface area (TPSA) is 52.9 Å². The van der Waals surface area contributed by atoms with E-state index in [1.807, 2.05) is 0 Å². The summed E-state index contributed by atoms with van der Waals surface area (Å²) in [6, 6.07) is -0.471. The first-order chi connectivity index (χ1) is 5.63. The van der Waals surface area contributed by atoms with Gasteiger partial charge in [0.25, 0.3) is 0 Å². The molecule has 0 amide bonds. The van der Waals surface area contributed by atoms with Crippen LogP contribution in [0.1, 0.15) is 19.8 Å². The van der Waals surface area contributed by atoms with Gasteiger partial charge in [-0.1, -0.05) is 0 Å². The maximum atomic E-state index is 10.6. The van der Waals surface area contributed by atoms with Crippen LogP contribution >= 0.6 is 0 Å². The van der Waals surface area contributed by atoms with E-state index in [1.165, 1.54) is 0 Å². The largest absolute Gasteiger partial charge is 0.480 e. The number of likely N-dealkylation sites (N-methyl/N-ethyl adjacent to an activating group) is 1. The molecule has 1 aliphatic heterocycles. The summed E-state index contributed by atoms with van der Waals surface area (Å²) in [5.74, 6) is 0.122. The molecule has 0 spiro atoms. The molecule has 0 aromatic carbocycles. The van der Waals surface area contributed by atoms with E-state index in [0.717, 1.165) is 25.2 Å². The third kappa shape index (κ3) is 1.75. The van der Waals surface area contributed by atoms with Crippen molar-refractivity contribution in [2.45, 2.75) is 25.8 Å². The van der Waals surface area contributed by atoms with Crippen LogP contribution in [-0.2, 0) is 4.79 Å². The Bertz CT molecular complexity index is 213. The summed E-state index contributed by atoms with van der Waals surface area (Å²) in [6.45, 7) is 2.51. The monoisotopic (exact) mass is 170 g/mol. The van der Waals surface area contributed by atoms with Gasteiger partial charge in [-0.2, -0.15) is 0 Å². The molecule has 0 aromatic heterocycles. The van der Waals surface area contributed by atoms with Crippen molar-refractivity contribution in [3.63, 3.8) is 0 Å². The lowest BCUT2D eigenvalue weighted by molar-refractivity contribution is -0.140. The highest BCUT2D eigenvalue weighted by Crippen LogP contribution is 2.09. The van der Waals surface area contributed by atoms with Gasteiger partial charge in [0.05, 0.1) is 5.84 Å². The Morgan fingerprint density at radius 3 is 2.83 bits per heavy atom. The van der Waals surface area contributed by atoms with Crippen LogP contribution < -0.4 is 0 Å². The molecule has 1 aliphatic rings. The van der Waals surface area contributed by atoms with E-state index in [4.69, 9.17) is 5.11 Å². The molecule has 0 saturated heterocycles. The van der Waals surface area contributed by atoms with Crippen molar-refractivity contribution in [2.24, 2.45) is 4.99 Å². The first kappa shape index (κ1) is 9.03. The number of hydrogen-bond acceptors (Lipinski definition) is 3. The zero-order valence-corrected chi connectivity index (χ0v) is 7.45. The Balaban J connectivity index is 2.57. The van der Waals surface area contributed by atoms with Gasteiger partial charge in [0.15, 0.2) is 0 Å². The first-order valence-electron chi connectivity index (χ1n) is 4.12. The highest BCUT2D eigenvalue weighted by atomic mass is 16.4.